The maximum atomic E-state index is 5.94. The average molecular weight is 395 g/mol. The van der Waals surface area contributed by atoms with Crippen molar-refractivity contribution in [1.29, 1.82) is 0 Å². The number of piperazine rings is 1. The lowest BCUT2D eigenvalue weighted by Gasteiger charge is -2.43. The Balaban J connectivity index is 0.00000121. The van der Waals surface area contributed by atoms with Crippen LogP contribution in [0, 0.1) is 5.92 Å². The summed E-state index contributed by atoms with van der Waals surface area (Å²) in [6, 6.07) is 19.3. The lowest BCUT2D eigenvalue weighted by Crippen LogP contribution is -2.47. The van der Waals surface area contributed by atoms with E-state index in [-0.39, 0.29) is 24.8 Å². The third-order valence-corrected chi connectivity index (χ3v) is 5.34. The van der Waals surface area contributed by atoms with Gasteiger partial charge in [0.25, 0.3) is 0 Å². The second-order valence-electron chi connectivity index (χ2n) is 6.91. The molecule has 1 aliphatic heterocycles. The largest absolute Gasteiger partial charge is 0.457 e. The molecule has 2 aromatic carbocycles. The predicted octanol–water partition coefficient (Wildman–Crippen LogP) is 5.07. The van der Waals surface area contributed by atoms with Crippen LogP contribution in [0.3, 0.4) is 0 Å². The minimum absolute atomic E-state index is 0. The van der Waals surface area contributed by atoms with Gasteiger partial charge in [-0.25, -0.2) is 0 Å². The number of hydrogen-bond donors (Lipinski definition) is 1. The average Bonchev–Trinajstić information content (AvgIpc) is 2.60. The van der Waals surface area contributed by atoms with E-state index in [1.807, 2.05) is 30.3 Å². The summed E-state index contributed by atoms with van der Waals surface area (Å²) in [5, 5.41) is 3.47. The Morgan fingerprint density at radius 3 is 2.04 bits per heavy atom. The van der Waals surface area contributed by atoms with Crippen molar-refractivity contribution in [3.8, 4) is 11.5 Å². The third kappa shape index (κ3) is 4.92. The Bertz CT molecular complexity index is 641. The van der Waals surface area contributed by atoms with Crippen molar-refractivity contribution in [3.05, 3.63) is 60.2 Å². The van der Waals surface area contributed by atoms with Crippen molar-refractivity contribution in [3.63, 3.8) is 0 Å². The van der Waals surface area contributed by atoms with Gasteiger partial charge in [-0.1, -0.05) is 36.8 Å². The minimum Gasteiger partial charge on any atom is -0.457 e. The first-order valence-corrected chi connectivity index (χ1v) is 9.18. The molecule has 3 nitrogen and oxygen atoms in total. The van der Waals surface area contributed by atoms with Gasteiger partial charge in [0.15, 0.2) is 0 Å². The van der Waals surface area contributed by atoms with Crippen molar-refractivity contribution < 1.29 is 4.74 Å². The van der Waals surface area contributed by atoms with Crippen LogP contribution in [-0.2, 0) is 0 Å². The second kappa shape index (κ2) is 10.2. The van der Waals surface area contributed by atoms with Gasteiger partial charge in [0, 0.05) is 32.2 Å². The molecule has 142 valence electrons. The number of nitrogens with zero attached hydrogens (tertiary/aromatic N) is 1. The molecule has 5 heteroatoms. The van der Waals surface area contributed by atoms with E-state index in [0.29, 0.717) is 6.04 Å². The molecule has 0 spiro atoms. The molecule has 0 unspecified atom stereocenters. The number of rotatable bonds is 5. The molecule has 2 aliphatic rings. The highest BCUT2D eigenvalue weighted by Gasteiger charge is 2.33. The minimum atomic E-state index is 0. The zero-order chi connectivity index (χ0) is 16.2. The molecule has 1 saturated heterocycles. The number of ether oxygens (including phenoxy) is 1. The molecule has 2 aromatic rings. The summed E-state index contributed by atoms with van der Waals surface area (Å²) in [4.78, 5) is 2.67. The second-order valence-corrected chi connectivity index (χ2v) is 6.91. The van der Waals surface area contributed by atoms with E-state index in [0.717, 1.165) is 43.6 Å². The molecule has 26 heavy (non-hydrogen) atoms. The Morgan fingerprint density at radius 2 is 1.46 bits per heavy atom. The third-order valence-electron chi connectivity index (χ3n) is 5.34. The molecular weight excluding hydrogens is 367 g/mol. The van der Waals surface area contributed by atoms with Crippen LogP contribution in [0.1, 0.15) is 30.9 Å². The maximum Gasteiger partial charge on any atom is 0.127 e. The van der Waals surface area contributed by atoms with Crippen molar-refractivity contribution >= 4 is 24.8 Å². The standard InChI is InChI=1S/C21H26N2O.2ClH/c1-2-7-19(8-3-1)24-20-11-9-18(10-12-20)21(17-5-4-6-17)23-15-13-22-14-16-23;;/h1-3,7-12,17,21-22H,4-6,13-16H2;2*1H/t21-;;/m1../s1. The molecule has 1 N–H and O–H groups in total. The van der Waals surface area contributed by atoms with E-state index in [9.17, 15) is 0 Å². The topological polar surface area (TPSA) is 24.5 Å². The van der Waals surface area contributed by atoms with E-state index < -0.39 is 0 Å². The first-order chi connectivity index (χ1) is 11.9. The van der Waals surface area contributed by atoms with E-state index in [4.69, 9.17) is 4.74 Å². The molecule has 2 fully saturated rings. The van der Waals surface area contributed by atoms with E-state index in [1.165, 1.54) is 24.8 Å². The summed E-state index contributed by atoms with van der Waals surface area (Å²) in [7, 11) is 0. The first kappa shape index (κ1) is 21.0. The Kier molecular flexibility index (Phi) is 8.23. The molecule has 1 heterocycles. The summed E-state index contributed by atoms with van der Waals surface area (Å²) in [5.41, 5.74) is 1.45. The van der Waals surface area contributed by atoms with Crippen LogP contribution < -0.4 is 10.1 Å². The lowest BCUT2D eigenvalue weighted by atomic mass is 9.76. The Morgan fingerprint density at radius 1 is 0.846 bits per heavy atom. The highest BCUT2D eigenvalue weighted by atomic mass is 35.5. The van der Waals surface area contributed by atoms with Gasteiger partial charge in [0.05, 0.1) is 0 Å². The summed E-state index contributed by atoms with van der Waals surface area (Å²) >= 11 is 0. The van der Waals surface area contributed by atoms with Gasteiger partial charge in [-0.2, -0.15) is 0 Å². The quantitative estimate of drug-likeness (QED) is 0.765. The number of benzene rings is 2. The van der Waals surface area contributed by atoms with Gasteiger partial charge in [-0.05, 0) is 48.6 Å². The molecule has 0 bridgehead atoms. The molecule has 0 aromatic heterocycles. The van der Waals surface area contributed by atoms with Crippen molar-refractivity contribution in [1.82, 2.24) is 10.2 Å². The van der Waals surface area contributed by atoms with Crippen LogP contribution in [-0.4, -0.2) is 31.1 Å². The highest BCUT2D eigenvalue weighted by molar-refractivity contribution is 5.85. The van der Waals surface area contributed by atoms with Gasteiger partial charge in [0.1, 0.15) is 11.5 Å². The number of nitrogens with one attached hydrogen (secondary N) is 1. The molecular formula is C21H28Cl2N2O. The monoisotopic (exact) mass is 394 g/mol. The molecule has 0 radical (unpaired) electrons. The smallest absolute Gasteiger partial charge is 0.127 e. The fraction of sp³-hybridized carbons (Fsp3) is 0.429. The number of halogens is 2. The Hall–Kier alpha value is -1.26. The van der Waals surface area contributed by atoms with Crippen LogP contribution in [0.15, 0.2) is 54.6 Å². The van der Waals surface area contributed by atoms with Gasteiger partial charge < -0.3 is 10.1 Å². The number of para-hydroxylation sites is 1. The van der Waals surface area contributed by atoms with E-state index >= 15 is 0 Å². The highest BCUT2D eigenvalue weighted by Crippen LogP contribution is 2.41. The molecule has 4 rings (SSSR count). The van der Waals surface area contributed by atoms with Crippen LogP contribution in [0.25, 0.3) is 0 Å². The number of hydrogen-bond acceptors (Lipinski definition) is 3. The summed E-state index contributed by atoms with van der Waals surface area (Å²) in [6.07, 6.45) is 4.14. The predicted molar refractivity (Wildman–Crippen MR) is 112 cm³/mol. The van der Waals surface area contributed by atoms with Gasteiger partial charge in [-0.15, -0.1) is 24.8 Å². The van der Waals surface area contributed by atoms with Crippen LogP contribution in [0.2, 0.25) is 0 Å². The van der Waals surface area contributed by atoms with Crippen molar-refractivity contribution in [2.75, 3.05) is 26.2 Å². The van der Waals surface area contributed by atoms with Gasteiger partial charge in [0.2, 0.25) is 0 Å². The molecule has 1 atom stereocenters. The van der Waals surface area contributed by atoms with Crippen molar-refractivity contribution in [2.45, 2.75) is 25.3 Å². The van der Waals surface area contributed by atoms with Crippen LogP contribution in [0.4, 0.5) is 0 Å². The summed E-state index contributed by atoms with van der Waals surface area (Å²) < 4.78 is 5.94. The lowest BCUT2D eigenvalue weighted by molar-refractivity contribution is 0.0837. The van der Waals surface area contributed by atoms with Crippen LogP contribution in [0.5, 0.6) is 11.5 Å². The SMILES string of the molecule is Cl.Cl.c1ccc(Oc2ccc([C@@H](C3CCC3)N3CCNCC3)cc2)cc1. The van der Waals surface area contributed by atoms with Gasteiger partial charge >= 0.3 is 0 Å². The summed E-state index contributed by atoms with van der Waals surface area (Å²) in [6.45, 7) is 4.53. The molecule has 0 amide bonds. The zero-order valence-electron chi connectivity index (χ0n) is 15.0. The van der Waals surface area contributed by atoms with E-state index in [1.54, 1.807) is 0 Å². The fourth-order valence-corrected chi connectivity index (χ4v) is 3.85. The maximum absolute atomic E-state index is 5.94. The van der Waals surface area contributed by atoms with Crippen LogP contribution >= 0.6 is 24.8 Å². The van der Waals surface area contributed by atoms with E-state index in [2.05, 4.69) is 34.5 Å². The Labute approximate surface area is 168 Å². The van der Waals surface area contributed by atoms with Gasteiger partial charge in [-0.3, -0.25) is 4.90 Å². The molecule has 1 aliphatic carbocycles. The zero-order valence-corrected chi connectivity index (χ0v) is 16.6. The first-order valence-electron chi connectivity index (χ1n) is 9.18. The molecule has 1 saturated carbocycles. The summed E-state index contributed by atoms with van der Waals surface area (Å²) in [5.74, 6) is 2.63. The normalized spacial score (nSPS) is 18.8. The van der Waals surface area contributed by atoms with Crippen molar-refractivity contribution in [2.24, 2.45) is 5.92 Å². The fourth-order valence-electron chi connectivity index (χ4n) is 3.85.